The second-order valence-corrected chi connectivity index (χ2v) is 11.9. The molecule has 2 N–H and O–H groups in total. The minimum atomic E-state index is -0.701. The van der Waals surface area contributed by atoms with Gasteiger partial charge >= 0.3 is 0 Å². The van der Waals surface area contributed by atoms with Gasteiger partial charge in [0.1, 0.15) is 28.8 Å². The number of imidazole rings is 2. The summed E-state index contributed by atoms with van der Waals surface area (Å²) < 4.78 is 31.6. The minimum absolute atomic E-state index is 0.0646. The Morgan fingerprint density at radius 1 is 1.05 bits per heavy atom. The largest absolute Gasteiger partial charge is 0.396 e. The van der Waals surface area contributed by atoms with E-state index in [1.807, 2.05) is 20.1 Å². The highest BCUT2D eigenvalue weighted by Crippen LogP contribution is 2.37. The Balaban J connectivity index is 1.32. The maximum Gasteiger partial charge on any atom is 0.228 e. The second-order valence-electron chi connectivity index (χ2n) is 11.9. The quantitative estimate of drug-likeness (QED) is 0.349. The molecule has 3 aliphatic rings. The first kappa shape index (κ1) is 27.6. The smallest absolute Gasteiger partial charge is 0.228 e. The number of halogens is 1. The van der Waals surface area contributed by atoms with Gasteiger partial charge in [-0.3, -0.25) is 4.57 Å². The van der Waals surface area contributed by atoms with E-state index in [2.05, 4.69) is 4.98 Å². The number of ether oxygens (including phenoxy) is 2. The van der Waals surface area contributed by atoms with E-state index in [0.29, 0.717) is 65.5 Å². The van der Waals surface area contributed by atoms with Crippen molar-refractivity contribution in [3.63, 3.8) is 0 Å². The summed E-state index contributed by atoms with van der Waals surface area (Å²) in [7, 11) is 1.74. The number of aromatic nitrogens is 6. The summed E-state index contributed by atoms with van der Waals surface area (Å²) in [6.07, 6.45) is 10.1. The molecule has 0 amide bonds. The molecule has 0 bridgehead atoms. The number of hydrogen-bond donors (Lipinski definition) is 2. The molecule has 0 radical (unpaired) electrons. The van der Waals surface area contributed by atoms with E-state index in [-0.39, 0.29) is 36.7 Å². The third-order valence-corrected chi connectivity index (χ3v) is 9.34. The van der Waals surface area contributed by atoms with E-state index >= 15 is 4.39 Å². The normalized spacial score (nSPS) is 27.2. The number of fused-ring (bicyclic) bond motifs is 2. The molecule has 12 heteroatoms. The molecule has 1 aliphatic carbocycles. The summed E-state index contributed by atoms with van der Waals surface area (Å²) in [5.41, 5.74) is 3.30. The lowest BCUT2D eigenvalue weighted by Gasteiger charge is -2.35. The van der Waals surface area contributed by atoms with Crippen LogP contribution in [0.2, 0.25) is 0 Å². The first-order valence-electron chi connectivity index (χ1n) is 15.1. The molecule has 1 unspecified atom stereocenters. The van der Waals surface area contributed by atoms with Crippen LogP contribution < -0.4 is 4.90 Å². The van der Waals surface area contributed by atoms with Crippen LogP contribution in [0.15, 0.2) is 24.8 Å². The van der Waals surface area contributed by atoms with E-state index in [1.54, 1.807) is 19.8 Å². The predicted molar refractivity (Wildman–Crippen MR) is 155 cm³/mol. The lowest BCUT2D eigenvalue weighted by atomic mass is 9.92. The lowest BCUT2D eigenvalue weighted by Crippen LogP contribution is -2.45. The zero-order valence-corrected chi connectivity index (χ0v) is 23.9. The van der Waals surface area contributed by atoms with Crippen LogP contribution in [0.1, 0.15) is 63.6 Å². The fourth-order valence-electron chi connectivity index (χ4n) is 6.90. The lowest BCUT2D eigenvalue weighted by molar-refractivity contribution is -0.0298. The van der Waals surface area contributed by atoms with Gasteiger partial charge in [0.25, 0.3) is 0 Å². The van der Waals surface area contributed by atoms with E-state index in [0.717, 1.165) is 44.9 Å². The number of rotatable bonds is 6. The number of aliphatic hydroxyl groups is 2. The number of anilines is 1. The molecule has 4 aromatic rings. The number of nitrogens with zero attached hydrogens (tertiary/aromatic N) is 7. The van der Waals surface area contributed by atoms with Crippen molar-refractivity contribution in [1.29, 1.82) is 0 Å². The van der Waals surface area contributed by atoms with Crippen LogP contribution in [0.3, 0.4) is 0 Å². The average molecular weight is 580 g/mol. The molecule has 1 aromatic carbocycles. The number of aliphatic hydroxyl groups excluding tert-OH is 2. The van der Waals surface area contributed by atoms with Crippen LogP contribution in [-0.4, -0.2) is 84.9 Å². The standard InChI is InChI=1S/C30H38FN7O4/c1-41-21-6-4-5-20(13-21)37-16-32-23-12-19(11-22(31)28(23)37)26-27-29(38(17-33-27)25-7-2-3-10-42-25)35-30(34-26)36-9-8-18(15-39)24(40)14-36/h11-12,16-18,20-21,24-25,39-40H,2-10,13-15H2,1H3/t18-,20+,21+,24+,25?/m1/s1. The van der Waals surface area contributed by atoms with E-state index in [1.165, 1.54) is 6.07 Å². The Morgan fingerprint density at radius 2 is 1.93 bits per heavy atom. The first-order valence-corrected chi connectivity index (χ1v) is 15.1. The van der Waals surface area contributed by atoms with Crippen molar-refractivity contribution in [1.82, 2.24) is 29.1 Å². The Morgan fingerprint density at radius 3 is 2.71 bits per heavy atom. The number of methoxy groups -OCH3 is 1. The van der Waals surface area contributed by atoms with E-state index < -0.39 is 6.10 Å². The third-order valence-electron chi connectivity index (χ3n) is 9.34. The molecule has 224 valence electrons. The molecular formula is C30H38FN7O4. The Hall–Kier alpha value is -3.19. The molecule has 3 aromatic heterocycles. The minimum Gasteiger partial charge on any atom is -0.396 e. The van der Waals surface area contributed by atoms with E-state index in [9.17, 15) is 10.2 Å². The number of benzene rings is 1. The zero-order valence-electron chi connectivity index (χ0n) is 23.9. The van der Waals surface area contributed by atoms with Crippen molar-refractivity contribution in [3.05, 3.63) is 30.6 Å². The van der Waals surface area contributed by atoms with Crippen LogP contribution in [0.5, 0.6) is 0 Å². The summed E-state index contributed by atoms with van der Waals surface area (Å²) in [6.45, 7) is 1.49. The van der Waals surface area contributed by atoms with Gasteiger partial charge in [-0.2, -0.15) is 4.98 Å². The van der Waals surface area contributed by atoms with Gasteiger partial charge < -0.3 is 29.2 Å². The highest BCUT2D eigenvalue weighted by Gasteiger charge is 2.31. The SMILES string of the molecule is CO[C@H]1CCC[C@H](n2cnc3cc(-c4nc(N5CC[C@H](CO)[C@@H](O)C5)nc5c4ncn5C4CCCCO4)cc(F)c32)C1. The number of piperidine rings is 1. The van der Waals surface area contributed by atoms with Crippen LogP contribution in [0.4, 0.5) is 10.3 Å². The second kappa shape index (κ2) is 11.5. The summed E-state index contributed by atoms with van der Waals surface area (Å²) in [6, 6.07) is 3.53. The molecule has 3 fully saturated rings. The topological polar surface area (TPSA) is 124 Å². The van der Waals surface area contributed by atoms with Gasteiger partial charge in [0.05, 0.1) is 30.4 Å². The Kier molecular flexibility index (Phi) is 7.55. The summed E-state index contributed by atoms with van der Waals surface area (Å²) >= 11 is 0. The first-order chi connectivity index (χ1) is 20.5. The monoisotopic (exact) mass is 579 g/mol. The molecule has 5 atom stereocenters. The summed E-state index contributed by atoms with van der Waals surface area (Å²) in [5.74, 6) is -0.105. The Bertz CT molecular complexity index is 1570. The molecule has 7 rings (SSSR count). The van der Waals surface area contributed by atoms with Crippen molar-refractivity contribution in [2.24, 2.45) is 5.92 Å². The molecule has 0 spiro atoms. The average Bonchev–Trinajstić information content (AvgIpc) is 3.66. The van der Waals surface area contributed by atoms with Gasteiger partial charge in [0.15, 0.2) is 5.65 Å². The van der Waals surface area contributed by atoms with Crippen molar-refractivity contribution in [2.75, 3.05) is 38.3 Å². The number of hydrogen-bond acceptors (Lipinski definition) is 9. The fourth-order valence-corrected chi connectivity index (χ4v) is 6.90. The summed E-state index contributed by atoms with van der Waals surface area (Å²) in [4.78, 5) is 21.1. The molecule has 11 nitrogen and oxygen atoms in total. The van der Waals surface area contributed by atoms with Gasteiger partial charge in [-0.1, -0.05) is 0 Å². The van der Waals surface area contributed by atoms with Gasteiger partial charge in [0.2, 0.25) is 5.95 Å². The van der Waals surface area contributed by atoms with Crippen molar-refractivity contribution in [2.45, 2.75) is 75.8 Å². The van der Waals surface area contributed by atoms with Gasteiger partial charge in [-0.05, 0) is 63.5 Å². The fraction of sp³-hybridized carbons (Fsp3) is 0.600. The Labute approximate surface area is 243 Å². The highest BCUT2D eigenvalue weighted by atomic mass is 19.1. The van der Waals surface area contributed by atoms with Gasteiger partial charge in [0, 0.05) is 50.9 Å². The molecule has 1 saturated carbocycles. The maximum absolute atomic E-state index is 16.0. The predicted octanol–water partition coefficient (Wildman–Crippen LogP) is 3.99. The molecule has 2 saturated heterocycles. The van der Waals surface area contributed by atoms with Crippen molar-refractivity contribution >= 4 is 28.1 Å². The van der Waals surface area contributed by atoms with Gasteiger partial charge in [-0.25, -0.2) is 19.3 Å². The van der Waals surface area contributed by atoms with Crippen LogP contribution in [-0.2, 0) is 9.47 Å². The molecule has 5 heterocycles. The molecular weight excluding hydrogens is 541 g/mol. The zero-order chi connectivity index (χ0) is 28.8. The van der Waals surface area contributed by atoms with Crippen LogP contribution in [0.25, 0.3) is 33.5 Å². The molecule has 42 heavy (non-hydrogen) atoms. The van der Waals surface area contributed by atoms with Gasteiger partial charge in [-0.15, -0.1) is 0 Å². The summed E-state index contributed by atoms with van der Waals surface area (Å²) in [5, 5.41) is 20.3. The van der Waals surface area contributed by atoms with Crippen LogP contribution in [0, 0.1) is 11.7 Å². The van der Waals surface area contributed by atoms with Crippen molar-refractivity contribution in [3.8, 4) is 11.3 Å². The van der Waals surface area contributed by atoms with Crippen LogP contribution >= 0.6 is 0 Å². The highest BCUT2D eigenvalue weighted by molar-refractivity contribution is 5.92. The third kappa shape index (κ3) is 4.93. The maximum atomic E-state index is 16.0. The van der Waals surface area contributed by atoms with E-state index in [4.69, 9.17) is 24.4 Å². The molecule has 2 aliphatic heterocycles. The number of β-amino-alcohol motifs (C(OH)–C–C–N with tert-alkyl or cyclic N) is 1. The van der Waals surface area contributed by atoms with Crippen molar-refractivity contribution < 1.29 is 24.1 Å².